The van der Waals surface area contributed by atoms with E-state index in [2.05, 4.69) is 16.6 Å². The quantitative estimate of drug-likeness (QED) is 0.383. The Morgan fingerprint density at radius 2 is 2.05 bits per heavy atom. The average molecular weight is 274 g/mol. The van der Waals surface area contributed by atoms with Crippen molar-refractivity contribution in [1.82, 2.24) is 0 Å². The first kappa shape index (κ1) is 15.5. The topological polar surface area (TPSA) is 72.8 Å². The lowest BCUT2D eigenvalue weighted by atomic mass is 10.2. The summed E-state index contributed by atoms with van der Waals surface area (Å²) in [5.74, 6) is 3.16. The molecular formula is C15H14O5. The van der Waals surface area contributed by atoms with Gasteiger partial charge in [-0.05, 0) is 24.3 Å². The minimum Gasteiger partial charge on any atom is -0.459 e. The average Bonchev–Trinajstić information content (AvgIpc) is 2.49. The molecule has 104 valence electrons. The molecule has 20 heavy (non-hydrogen) atoms. The van der Waals surface area contributed by atoms with Crippen LogP contribution in [-0.2, 0) is 14.3 Å². The fourth-order valence-electron chi connectivity index (χ4n) is 1.20. The van der Waals surface area contributed by atoms with E-state index in [4.69, 9.17) is 4.74 Å². The van der Waals surface area contributed by atoms with Gasteiger partial charge in [-0.3, -0.25) is 0 Å². The van der Waals surface area contributed by atoms with E-state index in [-0.39, 0.29) is 6.61 Å². The van der Waals surface area contributed by atoms with Crippen molar-refractivity contribution in [2.75, 3.05) is 13.7 Å². The van der Waals surface area contributed by atoms with E-state index in [1.54, 1.807) is 30.3 Å². The fraction of sp³-hybridized carbons (Fsp3) is 0.200. The Bertz CT molecular complexity index is 536. The first-order chi connectivity index (χ1) is 9.63. The van der Waals surface area contributed by atoms with Gasteiger partial charge in [0.15, 0.2) is 0 Å². The highest BCUT2D eigenvalue weighted by Gasteiger charge is 2.03. The molecule has 5 nitrogen and oxygen atoms in total. The Morgan fingerprint density at radius 1 is 1.35 bits per heavy atom. The van der Waals surface area contributed by atoms with Gasteiger partial charge in [-0.1, -0.05) is 24.1 Å². The fourth-order valence-corrected chi connectivity index (χ4v) is 1.20. The summed E-state index contributed by atoms with van der Waals surface area (Å²) in [7, 11) is 1.20. The van der Waals surface area contributed by atoms with Gasteiger partial charge in [-0.2, -0.15) is 0 Å². The van der Waals surface area contributed by atoms with Crippen LogP contribution in [0, 0.1) is 11.8 Å². The molecule has 0 aliphatic rings. The number of hydrogen-bond acceptors (Lipinski definition) is 5. The zero-order valence-corrected chi connectivity index (χ0v) is 10.9. The van der Waals surface area contributed by atoms with Gasteiger partial charge in [0.05, 0.1) is 12.7 Å². The Balaban J connectivity index is 2.36. The summed E-state index contributed by atoms with van der Waals surface area (Å²) in [6, 6.07) is 8.55. The standard InChI is InChI=1S/C15H14O5/c1-19-14(17)10-9-13(16)8-5-11-20-15(18)12-6-3-2-4-7-12/h2-8,13,16H,11H2,1H3/b8-5+. The second kappa shape index (κ2) is 8.51. The maximum absolute atomic E-state index is 11.5. The lowest BCUT2D eigenvalue weighted by molar-refractivity contribution is -0.133. The monoisotopic (exact) mass is 274 g/mol. The van der Waals surface area contributed by atoms with E-state index in [9.17, 15) is 14.7 Å². The zero-order chi connectivity index (χ0) is 14.8. The molecule has 0 radical (unpaired) electrons. The maximum Gasteiger partial charge on any atom is 0.384 e. The number of esters is 2. The predicted octanol–water partition coefficient (Wildman–Crippen LogP) is 0.937. The van der Waals surface area contributed by atoms with Gasteiger partial charge < -0.3 is 14.6 Å². The number of ether oxygens (including phenoxy) is 2. The number of aliphatic hydroxyl groups excluding tert-OH is 1. The maximum atomic E-state index is 11.5. The molecule has 5 heteroatoms. The molecule has 0 heterocycles. The van der Waals surface area contributed by atoms with Crippen molar-refractivity contribution in [1.29, 1.82) is 0 Å². The van der Waals surface area contributed by atoms with Gasteiger partial charge in [0.1, 0.15) is 12.7 Å². The van der Waals surface area contributed by atoms with E-state index >= 15 is 0 Å². The van der Waals surface area contributed by atoms with Crippen LogP contribution < -0.4 is 0 Å². The molecule has 0 bridgehead atoms. The predicted molar refractivity (Wildman–Crippen MR) is 71.7 cm³/mol. The summed E-state index contributed by atoms with van der Waals surface area (Å²) < 4.78 is 9.24. The summed E-state index contributed by atoms with van der Waals surface area (Å²) in [6.45, 7) is 0.00465. The van der Waals surface area contributed by atoms with E-state index in [1.807, 2.05) is 0 Å². The molecule has 1 atom stereocenters. The molecule has 1 N–H and O–H groups in total. The number of methoxy groups -OCH3 is 1. The van der Waals surface area contributed by atoms with Crippen molar-refractivity contribution in [2.24, 2.45) is 0 Å². The van der Waals surface area contributed by atoms with Crippen LogP contribution in [0.3, 0.4) is 0 Å². The zero-order valence-electron chi connectivity index (χ0n) is 10.9. The third-order valence-corrected chi connectivity index (χ3v) is 2.15. The molecule has 1 aromatic rings. The lowest BCUT2D eigenvalue weighted by Gasteiger charge is -2.01. The first-order valence-electron chi connectivity index (χ1n) is 5.80. The number of aliphatic hydroxyl groups is 1. The van der Waals surface area contributed by atoms with Crippen molar-refractivity contribution < 1.29 is 24.2 Å². The van der Waals surface area contributed by atoms with Gasteiger partial charge in [-0.15, -0.1) is 0 Å². The highest BCUT2D eigenvalue weighted by molar-refractivity contribution is 5.89. The van der Waals surface area contributed by atoms with E-state index in [0.717, 1.165) is 0 Å². The summed E-state index contributed by atoms with van der Waals surface area (Å²) in [5, 5.41) is 9.37. The number of benzene rings is 1. The molecule has 1 rings (SSSR count). The molecule has 1 unspecified atom stereocenters. The van der Waals surface area contributed by atoms with Crippen molar-refractivity contribution in [3.63, 3.8) is 0 Å². The van der Waals surface area contributed by atoms with Gasteiger partial charge in [0, 0.05) is 5.92 Å². The first-order valence-corrected chi connectivity index (χ1v) is 5.80. The van der Waals surface area contributed by atoms with Gasteiger partial charge >= 0.3 is 11.9 Å². The van der Waals surface area contributed by atoms with Gasteiger partial charge in [0.2, 0.25) is 0 Å². The molecule has 0 aliphatic heterocycles. The lowest BCUT2D eigenvalue weighted by Crippen LogP contribution is -2.06. The van der Waals surface area contributed by atoms with Crippen LogP contribution in [0.15, 0.2) is 42.5 Å². The normalized spacial score (nSPS) is 11.3. The Hall–Kier alpha value is -2.58. The second-order valence-electron chi connectivity index (χ2n) is 3.60. The highest BCUT2D eigenvalue weighted by atomic mass is 16.5. The minimum atomic E-state index is -1.12. The van der Waals surface area contributed by atoms with Crippen LogP contribution in [0.5, 0.6) is 0 Å². The van der Waals surface area contributed by atoms with Crippen molar-refractivity contribution in [3.8, 4) is 11.8 Å². The molecule has 1 aromatic carbocycles. The van der Waals surface area contributed by atoms with E-state index in [0.29, 0.717) is 5.56 Å². The summed E-state index contributed by atoms with van der Waals surface area (Å²) >= 11 is 0. The SMILES string of the molecule is COC(=O)C#CC(O)/C=C/COC(=O)c1ccccc1. The van der Waals surface area contributed by atoms with Crippen molar-refractivity contribution in [2.45, 2.75) is 6.10 Å². The highest BCUT2D eigenvalue weighted by Crippen LogP contribution is 2.00. The smallest absolute Gasteiger partial charge is 0.384 e. The summed E-state index contributed by atoms with van der Waals surface area (Å²) in [6.07, 6.45) is 1.63. The van der Waals surface area contributed by atoms with Gasteiger partial charge in [0.25, 0.3) is 0 Å². The van der Waals surface area contributed by atoms with Crippen LogP contribution in [0.1, 0.15) is 10.4 Å². The largest absolute Gasteiger partial charge is 0.459 e. The number of hydrogen-bond donors (Lipinski definition) is 1. The molecule has 0 aromatic heterocycles. The number of carbonyl (C=O) groups is 2. The molecule has 0 amide bonds. The van der Waals surface area contributed by atoms with Crippen molar-refractivity contribution >= 4 is 11.9 Å². The van der Waals surface area contributed by atoms with E-state index in [1.165, 1.54) is 19.3 Å². The van der Waals surface area contributed by atoms with Crippen LogP contribution >= 0.6 is 0 Å². The Labute approximate surface area is 116 Å². The molecule has 0 aliphatic carbocycles. The van der Waals surface area contributed by atoms with E-state index < -0.39 is 18.0 Å². The number of rotatable bonds is 4. The molecule has 0 saturated carbocycles. The van der Waals surface area contributed by atoms with Crippen molar-refractivity contribution in [3.05, 3.63) is 48.0 Å². The van der Waals surface area contributed by atoms with Crippen LogP contribution in [-0.4, -0.2) is 36.9 Å². The summed E-state index contributed by atoms with van der Waals surface area (Å²) in [4.78, 5) is 22.2. The third-order valence-electron chi connectivity index (χ3n) is 2.15. The van der Waals surface area contributed by atoms with Crippen LogP contribution in [0.4, 0.5) is 0 Å². The Kier molecular flexibility index (Phi) is 6.59. The Morgan fingerprint density at radius 3 is 2.70 bits per heavy atom. The third kappa shape index (κ3) is 5.85. The molecular weight excluding hydrogens is 260 g/mol. The summed E-state index contributed by atoms with van der Waals surface area (Å²) in [5.41, 5.74) is 0.451. The second-order valence-corrected chi connectivity index (χ2v) is 3.60. The molecule has 0 saturated heterocycles. The van der Waals surface area contributed by atoms with Crippen LogP contribution in [0.2, 0.25) is 0 Å². The molecule has 0 spiro atoms. The molecule has 0 fully saturated rings. The minimum absolute atomic E-state index is 0.00465. The van der Waals surface area contributed by atoms with Gasteiger partial charge in [-0.25, -0.2) is 9.59 Å². The van der Waals surface area contributed by atoms with Crippen LogP contribution in [0.25, 0.3) is 0 Å². The number of carbonyl (C=O) groups excluding carboxylic acids is 2.